The number of hydrogen-bond acceptors (Lipinski definition) is 4. The van der Waals surface area contributed by atoms with Gasteiger partial charge in [0.2, 0.25) is 0 Å². The molecule has 0 bridgehead atoms. The molecule has 0 heterocycles. The second kappa shape index (κ2) is 6.74. The average Bonchev–Trinajstić information content (AvgIpc) is 2.06. The van der Waals surface area contributed by atoms with E-state index < -0.39 is 0 Å². The lowest BCUT2D eigenvalue weighted by Crippen LogP contribution is -2.29. The van der Waals surface area contributed by atoms with Crippen LogP contribution in [0.1, 0.15) is 20.3 Å². The third-order valence-electron chi connectivity index (χ3n) is 2.06. The highest BCUT2D eigenvalue weighted by Crippen LogP contribution is 2.11. The molecule has 0 aliphatic carbocycles. The summed E-state index contributed by atoms with van der Waals surface area (Å²) in [5, 5.41) is 12.0. The number of hydroxylamine groups is 2. The Kier molecular flexibility index (Phi) is 6.36. The summed E-state index contributed by atoms with van der Waals surface area (Å²) in [6.07, 6.45) is 0.917. The van der Waals surface area contributed by atoms with Crippen molar-refractivity contribution in [2.45, 2.75) is 26.3 Å². The molecule has 0 spiro atoms. The lowest BCUT2D eigenvalue weighted by atomic mass is 10.0. The van der Waals surface area contributed by atoms with Crippen LogP contribution in [0.25, 0.3) is 0 Å². The summed E-state index contributed by atoms with van der Waals surface area (Å²) < 4.78 is 0. The van der Waals surface area contributed by atoms with Crippen LogP contribution in [-0.4, -0.2) is 37.8 Å². The molecule has 0 N–H and O–H groups in total. The van der Waals surface area contributed by atoms with E-state index in [4.69, 9.17) is 0 Å². The minimum Gasteiger partial charge on any atom is -0.784 e. The molecule has 0 saturated carbocycles. The Hall–Kier alpha value is -0.740. The minimum atomic E-state index is 0.137. The lowest BCUT2D eigenvalue weighted by Gasteiger charge is -2.31. The highest BCUT2D eigenvalue weighted by Gasteiger charge is 2.12. The third-order valence-corrected chi connectivity index (χ3v) is 2.06. The van der Waals surface area contributed by atoms with E-state index >= 15 is 0 Å². The number of aliphatic imine (C=N–C) groups is 2. The summed E-state index contributed by atoms with van der Waals surface area (Å²) in [5.74, 6) is 0.224. The van der Waals surface area contributed by atoms with Crippen LogP contribution in [0.2, 0.25) is 0 Å². The first-order chi connectivity index (χ1) is 6.15. The van der Waals surface area contributed by atoms with Crippen molar-refractivity contribution in [3.63, 3.8) is 0 Å². The van der Waals surface area contributed by atoms with Gasteiger partial charge in [-0.3, -0.25) is 9.98 Å². The smallest absolute Gasteiger partial charge is 0.0789 e. The molecule has 0 rings (SSSR count). The van der Waals surface area contributed by atoms with Crippen LogP contribution >= 0.6 is 0 Å². The standard InChI is InChI=1S/C9H18N3O/c1-5-9(11-4)8(2)6-12(13)7-10-3/h8-9H,3-7H2,1-2H3/q-1. The predicted octanol–water partition coefficient (Wildman–Crippen LogP) is 1.56. The SMILES string of the molecule is C=NCN([O-])CC(C)C(CC)N=C. The molecule has 2 unspecified atom stereocenters. The van der Waals surface area contributed by atoms with Gasteiger partial charge in [-0.2, -0.15) is 0 Å². The molecule has 0 aliphatic rings. The Balaban J connectivity index is 3.88. The van der Waals surface area contributed by atoms with E-state index in [-0.39, 0.29) is 18.6 Å². The van der Waals surface area contributed by atoms with Gasteiger partial charge < -0.3 is 10.3 Å². The zero-order valence-electron chi connectivity index (χ0n) is 8.44. The first kappa shape index (κ1) is 12.3. The van der Waals surface area contributed by atoms with Gasteiger partial charge in [0.1, 0.15) is 0 Å². The molecule has 0 fully saturated rings. The maximum Gasteiger partial charge on any atom is 0.0789 e. The molecule has 4 heteroatoms. The molecule has 0 saturated heterocycles. The van der Waals surface area contributed by atoms with E-state index in [1.54, 1.807) is 0 Å². The molecule has 0 aromatic carbocycles. The molecule has 0 aromatic rings. The zero-order chi connectivity index (χ0) is 10.3. The molecule has 2 atom stereocenters. The topological polar surface area (TPSA) is 51.0 Å². The van der Waals surface area contributed by atoms with Gasteiger partial charge in [-0.1, -0.05) is 13.8 Å². The van der Waals surface area contributed by atoms with Gasteiger partial charge in [-0.05, 0) is 32.3 Å². The summed E-state index contributed by atoms with van der Waals surface area (Å²) in [7, 11) is 0. The molecule has 0 radical (unpaired) electrons. The fraction of sp³-hybridized carbons (Fsp3) is 0.778. The fourth-order valence-electron chi connectivity index (χ4n) is 1.32. The van der Waals surface area contributed by atoms with E-state index in [0.717, 1.165) is 11.5 Å². The van der Waals surface area contributed by atoms with Crippen LogP contribution in [0.4, 0.5) is 0 Å². The molecule has 76 valence electrons. The van der Waals surface area contributed by atoms with Gasteiger partial charge in [0.25, 0.3) is 0 Å². The Morgan fingerprint density at radius 2 is 2.08 bits per heavy atom. The van der Waals surface area contributed by atoms with Gasteiger partial charge in [0.15, 0.2) is 0 Å². The summed E-state index contributed by atoms with van der Waals surface area (Å²) in [5.41, 5.74) is 0. The largest absolute Gasteiger partial charge is 0.784 e. The molecular weight excluding hydrogens is 166 g/mol. The molecule has 0 aromatic heterocycles. The number of hydrogen-bond donors (Lipinski definition) is 0. The van der Waals surface area contributed by atoms with Crippen LogP contribution < -0.4 is 0 Å². The predicted molar refractivity (Wildman–Crippen MR) is 57.3 cm³/mol. The van der Waals surface area contributed by atoms with E-state index in [0.29, 0.717) is 6.54 Å². The van der Waals surface area contributed by atoms with Gasteiger partial charge in [0, 0.05) is 0 Å². The second-order valence-corrected chi connectivity index (χ2v) is 3.16. The van der Waals surface area contributed by atoms with E-state index in [1.165, 1.54) is 0 Å². The third kappa shape index (κ3) is 4.75. The van der Waals surface area contributed by atoms with E-state index in [2.05, 4.69) is 23.4 Å². The average molecular weight is 184 g/mol. The van der Waals surface area contributed by atoms with Crippen LogP contribution in [0.15, 0.2) is 9.98 Å². The highest BCUT2D eigenvalue weighted by atomic mass is 16.5. The quantitative estimate of drug-likeness (QED) is 0.445. The summed E-state index contributed by atoms with van der Waals surface area (Å²) in [4.78, 5) is 7.47. The maximum absolute atomic E-state index is 11.1. The molecule has 13 heavy (non-hydrogen) atoms. The van der Waals surface area contributed by atoms with Crippen molar-refractivity contribution < 1.29 is 0 Å². The normalized spacial score (nSPS) is 15.4. The van der Waals surface area contributed by atoms with Crippen LogP contribution in [-0.2, 0) is 0 Å². The van der Waals surface area contributed by atoms with E-state index in [9.17, 15) is 5.21 Å². The Labute approximate surface area is 80.0 Å². The van der Waals surface area contributed by atoms with Crippen molar-refractivity contribution in [2.75, 3.05) is 13.2 Å². The van der Waals surface area contributed by atoms with Crippen molar-refractivity contribution in [2.24, 2.45) is 15.9 Å². The zero-order valence-corrected chi connectivity index (χ0v) is 8.44. The van der Waals surface area contributed by atoms with Crippen LogP contribution in [0, 0.1) is 11.1 Å². The Morgan fingerprint density at radius 1 is 1.46 bits per heavy atom. The first-order valence-electron chi connectivity index (χ1n) is 4.46. The van der Waals surface area contributed by atoms with Crippen molar-refractivity contribution in [1.82, 2.24) is 5.06 Å². The van der Waals surface area contributed by atoms with Crippen molar-refractivity contribution in [3.8, 4) is 0 Å². The van der Waals surface area contributed by atoms with Crippen LogP contribution in [0.5, 0.6) is 0 Å². The maximum atomic E-state index is 11.1. The first-order valence-corrected chi connectivity index (χ1v) is 4.46. The molecule has 0 amide bonds. The van der Waals surface area contributed by atoms with Gasteiger partial charge in [0.05, 0.1) is 12.7 Å². The van der Waals surface area contributed by atoms with Crippen LogP contribution in [0.3, 0.4) is 0 Å². The highest BCUT2D eigenvalue weighted by molar-refractivity contribution is 5.24. The van der Waals surface area contributed by atoms with Crippen molar-refractivity contribution in [1.29, 1.82) is 0 Å². The minimum absolute atomic E-state index is 0.137. The molecule has 0 aliphatic heterocycles. The van der Waals surface area contributed by atoms with Gasteiger partial charge >= 0.3 is 0 Å². The fourth-order valence-corrected chi connectivity index (χ4v) is 1.32. The summed E-state index contributed by atoms with van der Waals surface area (Å²) in [6, 6.07) is 0.168. The van der Waals surface area contributed by atoms with Gasteiger partial charge in [-0.15, -0.1) is 0 Å². The monoisotopic (exact) mass is 184 g/mol. The van der Waals surface area contributed by atoms with Crippen molar-refractivity contribution >= 4 is 13.4 Å². The molecular formula is C9H18N3O-. The number of nitrogens with zero attached hydrogens (tertiary/aromatic N) is 3. The lowest BCUT2D eigenvalue weighted by molar-refractivity contribution is 0.297. The Bertz CT molecular complexity index is 161. The summed E-state index contributed by atoms with van der Waals surface area (Å²) in [6.45, 7) is 11.4. The number of rotatable bonds is 7. The summed E-state index contributed by atoms with van der Waals surface area (Å²) >= 11 is 0. The van der Waals surface area contributed by atoms with Crippen molar-refractivity contribution in [3.05, 3.63) is 5.21 Å². The second-order valence-electron chi connectivity index (χ2n) is 3.16. The van der Waals surface area contributed by atoms with Gasteiger partial charge in [-0.25, -0.2) is 0 Å². The molecule has 4 nitrogen and oxygen atoms in total. The Morgan fingerprint density at radius 3 is 2.46 bits per heavy atom. The van der Waals surface area contributed by atoms with E-state index in [1.807, 2.05) is 13.8 Å².